The van der Waals surface area contributed by atoms with Crippen molar-refractivity contribution >= 4 is 17.8 Å². The highest BCUT2D eigenvalue weighted by molar-refractivity contribution is 5.95. The van der Waals surface area contributed by atoms with Gasteiger partial charge in [0.1, 0.15) is 0 Å². The van der Waals surface area contributed by atoms with E-state index in [-0.39, 0.29) is 5.91 Å². The maximum absolute atomic E-state index is 12.0. The summed E-state index contributed by atoms with van der Waals surface area (Å²) in [6, 6.07) is 15.1. The topological polar surface area (TPSA) is 53.9 Å². The Kier molecular flexibility index (Phi) is 5.88. The third kappa shape index (κ3) is 4.93. The molecule has 0 unspecified atom stereocenters. The Balaban J connectivity index is 1.96. The third-order valence-corrected chi connectivity index (χ3v) is 3.29. The summed E-state index contributed by atoms with van der Waals surface area (Å²) in [4.78, 5) is 14.0. The lowest BCUT2D eigenvalue weighted by Gasteiger charge is -2.12. The molecule has 0 aliphatic heterocycles. The van der Waals surface area contributed by atoms with Gasteiger partial charge in [-0.2, -0.15) is 5.10 Å². The number of amides is 1. The van der Waals surface area contributed by atoms with Crippen LogP contribution in [0.5, 0.6) is 0 Å². The molecule has 2 aromatic carbocycles. The molecule has 5 heteroatoms. The van der Waals surface area contributed by atoms with Crippen LogP contribution in [0.15, 0.2) is 53.6 Å². The summed E-state index contributed by atoms with van der Waals surface area (Å²) in [5.74, 6) is -0.236. The molecule has 0 fully saturated rings. The quantitative estimate of drug-likeness (QED) is 0.659. The highest BCUT2D eigenvalue weighted by Gasteiger charge is 2.04. The van der Waals surface area contributed by atoms with Crippen LogP contribution in [-0.4, -0.2) is 33.3 Å². The van der Waals surface area contributed by atoms with E-state index in [1.807, 2.05) is 55.4 Å². The standard InChI is InChI=1S/C18H21N3O2/c1-21(2)17-9-7-16(8-10-17)18(22)20-19-12-14-5-4-6-15(11-14)13-23-3/h4-12H,13H2,1-3H3,(H,20,22)/b19-12+. The van der Waals surface area contributed by atoms with E-state index in [1.165, 1.54) is 0 Å². The highest BCUT2D eigenvalue weighted by atomic mass is 16.5. The Morgan fingerprint density at radius 2 is 1.96 bits per heavy atom. The summed E-state index contributed by atoms with van der Waals surface area (Å²) in [6.45, 7) is 0.548. The first-order valence-electron chi connectivity index (χ1n) is 7.29. The summed E-state index contributed by atoms with van der Waals surface area (Å²) in [5, 5.41) is 4.00. The van der Waals surface area contributed by atoms with Crippen LogP contribution in [0.4, 0.5) is 5.69 Å². The van der Waals surface area contributed by atoms with Crippen LogP contribution >= 0.6 is 0 Å². The van der Waals surface area contributed by atoms with Crippen molar-refractivity contribution in [1.29, 1.82) is 0 Å². The number of carbonyl (C=O) groups excluding carboxylic acids is 1. The van der Waals surface area contributed by atoms with Gasteiger partial charge in [0.2, 0.25) is 0 Å². The van der Waals surface area contributed by atoms with Crippen molar-refractivity contribution in [3.8, 4) is 0 Å². The van der Waals surface area contributed by atoms with Gasteiger partial charge in [-0.3, -0.25) is 4.79 Å². The van der Waals surface area contributed by atoms with Gasteiger partial charge in [0.15, 0.2) is 0 Å². The molecule has 0 atom stereocenters. The van der Waals surface area contributed by atoms with E-state index in [1.54, 1.807) is 25.5 Å². The van der Waals surface area contributed by atoms with E-state index in [2.05, 4.69) is 10.5 Å². The molecule has 0 radical (unpaired) electrons. The first kappa shape index (κ1) is 16.7. The number of anilines is 1. The van der Waals surface area contributed by atoms with Crippen molar-refractivity contribution in [3.05, 3.63) is 65.2 Å². The van der Waals surface area contributed by atoms with Gasteiger partial charge in [-0.15, -0.1) is 0 Å². The van der Waals surface area contributed by atoms with Crippen LogP contribution in [0.3, 0.4) is 0 Å². The summed E-state index contributed by atoms with van der Waals surface area (Å²) >= 11 is 0. The van der Waals surface area contributed by atoms with Gasteiger partial charge >= 0.3 is 0 Å². The largest absolute Gasteiger partial charge is 0.380 e. The molecular weight excluding hydrogens is 290 g/mol. The van der Waals surface area contributed by atoms with Crippen LogP contribution in [-0.2, 0) is 11.3 Å². The summed E-state index contributed by atoms with van der Waals surface area (Å²) in [7, 11) is 5.57. The minimum absolute atomic E-state index is 0.236. The Morgan fingerprint density at radius 3 is 2.61 bits per heavy atom. The second kappa shape index (κ2) is 8.10. The fraction of sp³-hybridized carbons (Fsp3) is 0.222. The van der Waals surface area contributed by atoms with Crippen LogP contribution in [0, 0.1) is 0 Å². The molecule has 5 nitrogen and oxygen atoms in total. The number of nitrogens with one attached hydrogen (secondary N) is 1. The number of hydrogen-bond acceptors (Lipinski definition) is 4. The van der Waals surface area contributed by atoms with Crippen molar-refractivity contribution < 1.29 is 9.53 Å². The first-order valence-corrected chi connectivity index (χ1v) is 7.29. The zero-order valence-electron chi connectivity index (χ0n) is 13.6. The van der Waals surface area contributed by atoms with E-state index in [0.29, 0.717) is 12.2 Å². The molecule has 0 spiro atoms. The molecule has 0 aliphatic carbocycles. The average Bonchev–Trinajstić information content (AvgIpc) is 2.55. The fourth-order valence-corrected chi connectivity index (χ4v) is 2.07. The van der Waals surface area contributed by atoms with Gasteiger partial charge in [-0.25, -0.2) is 5.43 Å². The number of nitrogens with zero attached hydrogens (tertiary/aromatic N) is 2. The van der Waals surface area contributed by atoms with Gasteiger partial charge in [-0.05, 0) is 41.5 Å². The van der Waals surface area contributed by atoms with Crippen molar-refractivity contribution in [2.75, 3.05) is 26.1 Å². The molecule has 1 N–H and O–H groups in total. The van der Waals surface area contributed by atoms with Gasteiger partial charge in [-0.1, -0.05) is 18.2 Å². The molecule has 0 bridgehead atoms. The fourth-order valence-electron chi connectivity index (χ4n) is 2.07. The third-order valence-electron chi connectivity index (χ3n) is 3.29. The smallest absolute Gasteiger partial charge is 0.271 e. The molecule has 0 aromatic heterocycles. The number of ether oxygens (including phenoxy) is 1. The summed E-state index contributed by atoms with van der Waals surface area (Å²) < 4.78 is 5.09. The molecule has 23 heavy (non-hydrogen) atoms. The molecule has 0 heterocycles. The molecule has 2 rings (SSSR count). The highest BCUT2D eigenvalue weighted by Crippen LogP contribution is 2.12. The minimum Gasteiger partial charge on any atom is -0.380 e. The van der Waals surface area contributed by atoms with E-state index in [4.69, 9.17) is 4.74 Å². The first-order chi connectivity index (χ1) is 11.1. The van der Waals surface area contributed by atoms with Gasteiger partial charge in [0, 0.05) is 32.5 Å². The van der Waals surface area contributed by atoms with Gasteiger partial charge < -0.3 is 9.64 Å². The van der Waals surface area contributed by atoms with E-state index in [0.717, 1.165) is 16.8 Å². The molecule has 0 saturated carbocycles. The predicted octanol–water partition coefficient (Wildman–Crippen LogP) is 2.66. The maximum atomic E-state index is 12.0. The molecule has 1 amide bonds. The number of hydrazone groups is 1. The van der Waals surface area contributed by atoms with Gasteiger partial charge in [0.25, 0.3) is 5.91 Å². The Bertz CT molecular complexity index is 679. The Morgan fingerprint density at radius 1 is 1.22 bits per heavy atom. The zero-order chi connectivity index (χ0) is 16.7. The number of benzene rings is 2. The number of methoxy groups -OCH3 is 1. The minimum atomic E-state index is -0.236. The molecular formula is C18H21N3O2. The van der Waals surface area contributed by atoms with Crippen LogP contribution in [0.2, 0.25) is 0 Å². The molecule has 2 aromatic rings. The predicted molar refractivity (Wildman–Crippen MR) is 93.0 cm³/mol. The zero-order valence-corrected chi connectivity index (χ0v) is 13.6. The maximum Gasteiger partial charge on any atom is 0.271 e. The van der Waals surface area contributed by atoms with Crippen LogP contribution in [0.1, 0.15) is 21.5 Å². The van der Waals surface area contributed by atoms with E-state index < -0.39 is 0 Å². The lowest BCUT2D eigenvalue weighted by molar-refractivity contribution is 0.0955. The number of carbonyl (C=O) groups is 1. The van der Waals surface area contributed by atoms with Crippen molar-refractivity contribution in [2.45, 2.75) is 6.61 Å². The molecule has 120 valence electrons. The number of rotatable bonds is 6. The van der Waals surface area contributed by atoms with E-state index in [9.17, 15) is 4.79 Å². The SMILES string of the molecule is COCc1cccc(/C=N/NC(=O)c2ccc(N(C)C)cc2)c1. The van der Waals surface area contributed by atoms with Crippen molar-refractivity contribution in [3.63, 3.8) is 0 Å². The van der Waals surface area contributed by atoms with Crippen molar-refractivity contribution in [1.82, 2.24) is 5.43 Å². The van der Waals surface area contributed by atoms with Crippen LogP contribution < -0.4 is 10.3 Å². The Labute approximate surface area is 136 Å². The molecule has 0 saturated heterocycles. The molecule has 0 aliphatic rings. The second-order valence-electron chi connectivity index (χ2n) is 5.32. The lowest BCUT2D eigenvalue weighted by Crippen LogP contribution is -2.18. The number of hydrogen-bond donors (Lipinski definition) is 1. The second-order valence-corrected chi connectivity index (χ2v) is 5.32. The average molecular weight is 311 g/mol. The van der Waals surface area contributed by atoms with E-state index >= 15 is 0 Å². The Hall–Kier alpha value is -2.66. The normalized spacial score (nSPS) is 10.7. The van der Waals surface area contributed by atoms with Crippen molar-refractivity contribution in [2.24, 2.45) is 5.10 Å². The van der Waals surface area contributed by atoms with Crippen LogP contribution in [0.25, 0.3) is 0 Å². The summed E-state index contributed by atoms with van der Waals surface area (Å²) in [6.07, 6.45) is 1.62. The summed E-state index contributed by atoms with van der Waals surface area (Å²) in [5.41, 5.74) is 6.11. The van der Waals surface area contributed by atoms with Gasteiger partial charge in [0.05, 0.1) is 12.8 Å². The lowest BCUT2D eigenvalue weighted by atomic mass is 10.1. The monoisotopic (exact) mass is 311 g/mol.